The first kappa shape index (κ1) is 16.0. The van der Waals surface area contributed by atoms with Crippen molar-refractivity contribution in [2.45, 2.75) is 27.3 Å². The summed E-state index contributed by atoms with van der Waals surface area (Å²) in [6.45, 7) is 7.24. The molecule has 124 valence electrons. The summed E-state index contributed by atoms with van der Waals surface area (Å²) in [5.41, 5.74) is 3.12. The lowest BCUT2D eigenvalue weighted by Crippen LogP contribution is -2.08. The summed E-state index contributed by atoms with van der Waals surface area (Å²) >= 11 is 0. The van der Waals surface area contributed by atoms with Gasteiger partial charge in [-0.3, -0.25) is 0 Å². The van der Waals surface area contributed by atoms with Crippen molar-refractivity contribution in [2.75, 3.05) is 11.9 Å². The van der Waals surface area contributed by atoms with Crippen LogP contribution in [-0.2, 0) is 6.54 Å². The molecule has 0 amide bonds. The van der Waals surface area contributed by atoms with Crippen LogP contribution in [0.15, 0.2) is 42.6 Å². The molecule has 6 nitrogen and oxygen atoms in total. The Bertz CT molecular complexity index is 828. The maximum Gasteiger partial charge on any atom is 0.224 e. The van der Waals surface area contributed by atoms with Crippen molar-refractivity contribution in [2.24, 2.45) is 0 Å². The maximum atomic E-state index is 5.52. The second-order valence-corrected chi connectivity index (χ2v) is 5.51. The van der Waals surface area contributed by atoms with Gasteiger partial charge in [-0.2, -0.15) is 10.1 Å². The Hall–Kier alpha value is -2.89. The van der Waals surface area contributed by atoms with E-state index in [1.54, 1.807) is 6.20 Å². The summed E-state index contributed by atoms with van der Waals surface area (Å²) in [5, 5.41) is 7.70. The first-order valence-corrected chi connectivity index (χ1v) is 7.98. The first-order valence-electron chi connectivity index (χ1n) is 7.98. The van der Waals surface area contributed by atoms with Gasteiger partial charge in [0, 0.05) is 24.5 Å². The van der Waals surface area contributed by atoms with Gasteiger partial charge in [0.2, 0.25) is 5.95 Å². The van der Waals surface area contributed by atoms with Gasteiger partial charge in [0.1, 0.15) is 5.75 Å². The number of hydrogen-bond donors (Lipinski definition) is 1. The van der Waals surface area contributed by atoms with E-state index in [9.17, 15) is 0 Å². The van der Waals surface area contributed by atoms with E-state index in [0.29, 0.717) is 19.1 Å². The normalized spacial score (nSPS) is 10.6. The molecule has 0 fully saturated rings. The second-order valence-electron chi connectivity index (χ2n) is 5.51. The van der Waals surface area contributed by atoms with Crippen LogP contribution in [0.3, 0.4) is 0 Å². The predicted octanol–water partition coefficient (Wildman–Crippen LogP) is 3.29. The van der Waals surface area contributed by atoms with Crippen molar-refractivity contribution < 1.29 is 4.74 Å². The summed E-state index contributed by atoms with van der Waals surface area (Å²) in [7, 11) is 0. The van der Waals surface area contributed by atoms with Crippen molar-refractivity contribution in [3.8, 4) is 11.6 Å². The molecule has 0 radical (unpaired) electrons. The maximum absolute atomic E-state index is 5.52. The molecule has 0 unspecified atom stereocenters. The highest BCUT2D eigenvalue weighted by Crippen LogP contribution is 2.15. The topological polar surface area (TPSA) is 64.9 Å². The highest BCUT2D eigenvalue weighted by Gasteiger charge is 2.06. The Morgan fingerprint density at radius 1 is 1.17 bits per heavy atom. The number of hydrogen-bond acceptors (Lipinski definition) is 5. The van der Waals surface area contributed by atoms with Crippen LogP contribution in [0.5, 0.6) is 5.75 Å². The van der Waals surface area contributed by atoms with Crippen LogP contribution in [0.25, 0.3) is 5.82 Å². The third-order valence-electron chi connectivity index (χ3n) is 3.53. The van der Waals surface area contributed by atoms with Gasteiger partial charge in [-0.1, -0.05) is 12.1 Å². The molecule has 2 aromatic heterocycles. The van der Waals surface area contributed by atoms with E-state index in [4.69, 9.17) is 4.74 Å². The van der Waals surface area contributed by atoms with E-state index in [2.05, 4.69) is 20.4 Å². The minimum absolute atomic E-state index is 0.571. The van der Waals surface area contributed by atoms with Crippen LogP contribution < -0.4 is 10.1 Å². The number of anilines is 1. The van der Waals surface area contributed by atoms with Gasteiger partial charge in [-0.25, -0.2) is 9.67 Å². The highest BCUT2D eigenvalue weighted by molar-refractivity contribution is 5.35. The molecular weight excluding hydrogens is 302 g/mol. The van der Waals surface area contributed by atoms with Crippen LogP contribution in [0.4, 0.5) is 5.95 Å². The fraction of sp³-hybridized carbons (Fsp3) is 0.278. The molecule has 3 aromatic rings. The number of aryl methyl sites for hydroxylation is 2. The third-order valence-corrected chi connectivity index (χ3v) is 3.53. The average Bonchev–Trinajstić information content (AvgIpc) is 2.92. The number of nitrogens with one attached hydrogen (secondary N) is 1. The lowest BCUT2D eigenvalue weighted by atomic mass is 10.2. The van der Waals surface area contributed by atoms with Gasteiger partial charge >= 0.3 is 0 Å². The van der Waals surface area contributed by atoms with Gasteiger partial charge in [0.15, 0.2) is 5.82 Å². The van der Waals surface area contributed by atoms with E-state index in [0.717, 1.165) is 28.5 Å². The first-order chi connectivity index (χ1) is 11.7. The molecule has 3 rings (SSSR count). The van der Waals surface area contributed by atoms with Crippen molar-refractivity contribution in [1.29, 1.82) is 0 Å². The van der Waals surface area contributed by atoms with Crippen molar-refractivity contribution in [3.63, 3.8) is 0 Å². The Morgan fingerprint density at radius 3 is 2.79 bits per heavy atom. The van der Waals surface area contributed by atoms with Gasteiger partial charge in [0.25, 0.3) is 0 Å². The van der Waals surface area contributed by atoms with Gasteiger partial charge < -0.3 is 10.1 Å². The zero-order valence-electron chi connectivity index (χ0n) is 14.2. The smallest absolute Gasteiger partial charge is 0.224 e. The van der Waals surface area contributed by atoms with Crippen LogP contribution >= 0.6 is 0 Å². The minimum atomic E-state index is 0.571. The molecule has 1 N–H and O–H groups in total. The molecule has 0 aliphatic heterocycles. The largest absolute Gasteiger partial charge is 0.494 e. The Morgan fingerprint density at radius 2 is 2.04 bits per heavy atom. The quantitative estimate of drug-likeness (QED) is 0.754. The third kappa shape index (κ3) is 3.71. The van der Waals surface area contributed by atoms with Gasteiger partial charge in [-0.05, 0) is 44.5 Å². The fourth-order valence-corrected chi connectivity index (χ4v) is 2.51. The van der Waals surface area contributed by atoms with E-state index >= 15 is 0 Å². The SMILES string of the molecule is CCOc1cccc(CNc2nccc(-n3nc(C)cc3C)n2)c1. The number of rotatable bonds is 6. The minimum Gasteiger partial charge on any atom is -0.494 e. The molecule has 0 aliphatic rings. The van der Waals surface area contributed by atoms with Crippen LogP contribution in [0.1, 0.15) is 23.9 Å². The van der Waals surface area contributed by atoms with Gasteiger partial charge in [-0.15, -0.1) is 0 Å². The molecule has 0 spiro atoms. The summed E-state index contributed by atoms with van der Waals surface area (Å²) in [5.74, 6) is 2.19. The van der Waals surface area contributed by atoms with Crippen LogP contribution in [0.2, 0.25) is 0 Å². The molecule has 2 heterocycles. The molecule has 6 heteroatoms. The number of ether oxygens (including phenoxy) is 1. The Balaban J connectivity index is 1.73. The number of aromatic nitrogens is 4. The molecule has 0 atom stereocenters. The second kappa shape index (κ2) is 7.12. The molecule has 0 saturated heterocycles. The van der Waals surface area contributed by atoms with Crippen molar-refractivity contribution in [1.82, 2.24) is 19.7 Å². The molecule has 1 aromatic carbocycles. The zero-order valence-corrected chi connectivity index (χ0v) is 14.2. The molecule has 24 heavy (non-hydrogen) atoms. The molecule has 0 aliphatic carbocycles. The Kier molecular flexibility index (Phi) is 4.74. The average molecular weight is 323 g/mol. The monoisotopic (exact) mass is 323 g/mol. The Labute approximate surface area is 141 Å². The van der Waals surface area contributed by atoms with E-state index < -0.39 is 0 Å². The highest BCUT2D eigenvalue weighted by atomic mass is 16.5. The summed E-state index contributed by atoms with van der Waals surface area (Å²) in [6.07, 6.45) is 1.73. The summed E-state index contributed by atoms with van der Waals surface area (Å²) < 4.78 is 7.34. The lowest BCUT2D eigenvalue weighted by Gasteiger charge is -2.09. The fourth-order valence-electron chi connectivity index (χ4n) is 2.51. The zero-order chi connectivity index (χ0) is 16.9. The number of nitrogens with zero attached hydrogens (tertiary/aromatic N) is 4. The summed E-state index contributed by atoms with van der Waals surface area (Å²) in [6, 6.07) is 11.9. The van der Waals surface area contributed by atoms with Crippen LogP contribution in [0, 0.1) is 13.8 Å². The van der Waals surface area contributed by atoms with Gasteiger partial charge in [0.05, 0.1) is 12.3 Å². The lowest BCUT2D eigenvalue weighted by molar-refractivity contribution is 0.340. The standard InChI is InChI=1S/C18H21N5O/c1-4-24-16-7-5-6-15(11-16)12-20-18-19-9-8-17(21-18)23-14(3)10-13(2)22-23/h5-11H,4,12H2,1-3H3,(H,19,20,21). The van der Waals surface area contributed by atoms with E-state index in [1.807, 2.05) is 61.9 Å². The van der Waals surface area contributed by atoms with Crippen molar-refractivity contribution in [3.05, 3.63) is 59.5 Å². The molecular formula is C18H21N5O. The van der Waals surface area contributed by atoms with E-state index in [1.165, 1.54) is 0 Å². The van der Waals surface area contributed by atoms with Crippen molar-refractivity contribution >= 4 is 5.95 Å². The number of benzene rings is 1. The molecule has 0 saturated carbocycles. The summed E-state index contributed by atoms with van der Waals surface area (Å²) in [4.78, 5) is 8.82. The van der Waals surface area contributed by atoms with E-state index in [-0.39, 0.29) is 0 Å². The predicted molar refractivity (Wildman–Crippen MR) is 93.6 cm³/mol. The molecule has 0 bridgehead atoms. The van der Waals surface area contributed by atoms with Crippen LogP contribution in [-0.4, -0.2) is 26.4 Å².